The van der Waals surface area contributed by atoms with Crippen LogP contribution in [-0.2, 0) is 9.59 Å². The molecular weight excluding hydrogens is 256 g/mol. The molecule has 4 N–H and O–H groups in total. The van der Waals surface area contributed by atoms with Crippen molar-refractivity contribution in [1.82, 2.24) is 5.32 Å². The van der Waals surface area contributed by atoms with Crippen LogP contribution in [0.5, 0.6) is 0 Å². The second kappa shape index (κ2) is 9.09. The Morgan fingerprint density at radius 3 is 2.40 bits per heavy atom. The van der Waals surface area contributed by atoms with Crippen LogP contribution in [-0.4, -0.2) is 23.5 Å². The molecule has 0 bridgehead atoms. The van der Waals surface area contributed by atoms with E-state index in [1.807, 2.05) is 30.3 Å². The van der Waals surface area contributed by atoms with Gasteiger partial charge in [0.15, 0.2) is 0 Å². The maximum absolute atomic E-state index is 11.8. The Hall–Kier alpha value is -1.88. The van der Waals surface area contributed by atoms with Crippen molar-refractivity contribution in [2.75, 3.05) is 6.54 Å². The smallest absolute Gasteiger partial charge is 0.303 e. The highest BCUT2D eigenvalue weighted by atomic mass is 16.4. The number of carbonyl (C=O) groups is 2. The number of carbonyl (C=O) groups excluding carboxylic acids is 1. The molecule has 20 heavy (non-hydrogen) atoms. The van der Waals surface area contributed by atoms with Crippen molar-refractivity contribution in [3.05, 3.63) is 35.9 Å². The molecule has 0 aliphatic carbocycles. The molecule has 1 aromatic rings. The molecule has 0 aliphatic rings. The largest absolute Gasteiger partial charge is 0.481 e. The van der Waals surface area contributed by atoms with Crippen molar-refractivity contribution < 1.29 is 14.7 Å². The zero-order valence-corrected chi connectivity index (χ0v) is 11.5. The van der Waals surface area contributed by atoms with Gasteiger partial charge in [0.05, 0.1) is 0 Å². The van der Waals surface area contributed by atoms with Gasteiger partial charge in [-0.05, 0) is 18.4 Å². The molecule has 5 nitrogen and oxygen atoms in total. The van der Waals surface area contributed by atoms with Crippen LogP contribution in [0.2, 0.25) is 0 Å². The van der Waals surface area contributed by atoms with Gasteiger partial charge in [-0.3, -0.25) is 9.59 Å². The van der Waals surface area contributed by atoms with E-state index in [9.17, 15) is 9.59 Å². The number of benzene rings is 1. The molecule has 1 atom stereocenters. The van der Waals surface area contributed by atoms with Crippen molar-refractivity contribution in [2.24, 2.45) is 5.73 Å². The summed E-state index contributed by atoms with van der Waals surface area (Å²) in [5.74, 6) is -0.936. The van der Waals surface area contributed by atoms with Crippen molar-refractivity contribution in [3.8, 4) is 0 Å². The molecule has 1 aromatic carbocycles. The van der Waals surface area contributed by atoms with E-state index in [2.05, 4.69) is 5.32 Å². The number of nitrogens with one attached hydrogen (secondary N) is 1. The third-order valence-corrected chi connectivity index (χ3v) is 3.06. The lowest BCUT2D eigenvalue weighted by atomic mass is 10.1. The number of nitrogens with two attached hydrogens (primary N) is 1. The minimum atomic E-state index is -0.757. The van der Waals surface area contributed by atoms with Crippen molar-refractivity contribution in [1.29, 1.82) is 0 Å². The van der Waals surface area contributed by atoms with E-state index < -0.39 is 12.0 Å². The van der Waals surface area contributed by atoms with Gasteiger partial charge in [-0.1, -0.05) is 43.2 Å². The average Bonchev–Trinajstić information content (AvgIpc) is 2.45. The molecule has 0 aliphatic heterocycles. The van der Waals surface area contributed by atoms with E-state index in [1.54, 1.807) is 0 Å². The topological polar surface area (TPSA) is 92.4 Å². The number of hydrogen-bond acceptors (Lipinski definition) is 3. The highest BCUT2D eigenvalue weighted by Crippen LogP contribution is 2.09. The fourth-order valence-corrected chi connectivity index (χ4v) is 1.89. The normalized spacial score (nSPS) is 11.8. The number of unbranched alkanes of at least 4 members (excludes halogenated alkanes) is 3. The highest BCUT2D eigenvalue weighted by molar-refractivity contribution is 5.82. The molecule has 0 radical (unpaired) electrons. The first-order valence-electron chi connectivity index (χ1n) is 6.91. The Morgan fingerprint density at radius 2 is 1.75 bits per heavy atom. The molecule has 0 aromatic heterocycles. The van der Waals surface area contributed by atoms with Crippen LogP contribution in [0.15, 0.2) is 30.3 Å². The minimum absolute atomic E-state index is 0.179. The quantitative estimate of drug-likeness (QED) is 0.601. The predicted molar refractivity (Wildman–Crippen MR) is 77.1 cm³/mol. The Balaban J connectivity index is 2.13. The Morgan fingerprint density at radius 1 is 1.10 bits per heavy atom. The van der Waals surface area contributed by atoms with Crippen molar-refractivity contribution in [3.63, 3.8) is 0 Å². The summed E-state index contributed by atoms with van der Waals surface area (Å²) in [7, 11) is 0. The number of hydrogen-bond donors (Lipinski definition) is 3. The lowest BCUT2D eigenvalue weighted by Crippen LogP contribution is -2.34. The Kier molecular flexibility index (Phi) is 7.35. The number of aliphatic carboxylic acids is 1. The van der Waals surface area contributed by atoms with E-state index in [0.717, 1.165) is 24.8 Å². The first-order chi connectivity index (χ1) is 9.61. The maximum atomic E-state index is 11.8. The third kappa shape index (κ3) is 6.33. The van der Waals surface area contributed by atoms with Crippen LogP contribution < -0.4 is 11.1 Å². The monoisotopic (exact) mass is 278 g/mol. The van der Waals surface area contributed by atoms with E-state index in [4.69, 9.17) is 10.8 Å². The fourth-order valence-electron chi connectivity index (χ4n) is 1.89. The van der Waals surface area contributed by atoms with E-state index in [1.165, 1.54) is 0 Å². The summed E-state index contributed by atoms with van der Waals surface area (Å²) in [6.45, 7) is 0.576. The summed E-state index contributed by atoms with van der Waals surface area (Å²) in [4.78, 5) is 22.1. The highest BCUT2D eigenvalue weighted by Gasteiger charge is 2.14. The van der Waals surface area contributed by atoms with Crippen LogP contribution in [0.3, 0.4) is 0 Å². The van der Waals surface area contributed by atoms with Crippen LogP contribution in [0.4, 0.5) is 0 Å². The Labute approximate surface area is 119 Å². The summed E-state index contributed by atoms with van der Waals surface area (Å²) in [5, 5.41) is 11.3. The number of carboxylic acids is 1. The molecule has 0 saturated carbocycles. The van der Waals surface area contributed by atoms with Gasteiger partial charge >= 0.3 is 5.97 Å². The summed E-state index contributed by atoms with van der Waals surface area (Å²) in [6.07, 6.45) is 3.52. The standard InChI is InChI=1S/C15H22N2O3/c16-14(12-8-4-3-5-9-12)15(20)17-11-7-2-1-6-10-13(18)19/h3-5,8-9,14H,1-2,6-7,10-11,16H2,(H,17,20)(H,18,19)/t14-/m1/s1. The van der Waals surface area contributed by atoms with Gasteiger partial charge in [0.1, 0.15) is 6.04 Å². The van der Waals surface area contributed by atoms with Crippen LogP contribution in [0.1, 0.15) is 43.7 Å². The van der Waals surface area contributed by atoms with Crippen molar-refractivity contribution >= 4 is 11.9 Å². The van der Waals surface area contributed by atoms with Gasteiger partial charge in [-0.15, -0.1) is 0 Å². The van der Waals surface area contributed by atoms with Crippen LogP contribution >= 0.6 is 0 Å². The second-order valence-corrected chi connectivity index (χ2v) is 4.74. The van der Waals surface area contributed by atoms with Gasteiger partial charge in [-0.2, -0.15) is 0 Å². The van der Waals surface area contributed by atoms with E-state index >= 15 is 0 Å². The number of carboxylic acid groups (broad SMARTS) is 1. The zero-order chi connectivity index (χ0) is 14.8. The molecule has 0 saturated heterocycles. The molecule has 5 heteroatoms. The SMILES string of the molecule is N[C@@H](C(=O)NCCCCCCC(=O)O)c1ccccc1. The van der Waals surface area contributed by atoms with Crippen LogP contribution in [0.25, 0.3) is 0 Å². The predicted octanol–water partition coefficient (Wildman–Crippen LogP) is 1.84. The lowest BCUT2D eigenvalue weighted by molar-refractivity contribution is -0.137. The van der Waals surface area contributed by atoms with Crippen LogP contribution in [0, 0.1) is 0 Å². The van der Waals surface area contributed by atoms with Gasteiger partial charge in [0.2, 0.25) is 5.91 Å². The van der Waals surface area contributed by atoms with E-state index in [-0.39, 0.29) is 12.3 Å². The van der Waals surface area contributed by atoms with Gasteiger partial charge in [0, 0.05) is 13.0 Å². The Bertz CT molecular complexity index is 420. The summed E-state index contributed by atoms with van der Waals surface area (Å²) in [5.41, 5.74) is 6.65. The lowest BCUT2D eigenvalue weighted by Gasteiger charge is -2.12. The number of amides is 1. The summed E-state index contributed by atoms with van der Waals surface area (Å²) < 4.78 is 0. The first kappa shape index (κ1) is 16.2. The molecule has 1 amide bonds. The maximum Gasteiger partial charge on any atom is 0.303 e. The molecule has 0 fully saturated rings. The zero-order valence-electron chi connectivity index (χ0n) is 11.5. The number of rotatable bonds is 9. The summed E-state index contributed by atoms with van der Waals surface area (Å²) in [6, 6.07) is 8.61. The molecule has 110 valence electrons. The van der Waals surface area contributed by atoms with E-state index in [0.29, 0.717) is 13.0 Å². The fraction of sp³-hybridized carbons (Fsp3) is 0.467. The van der Waals surface area contributed by atoms with Gasteiger partial charge in [-0.25, -0.2) is 0 Å². The van der Waals surface area contributed by atoms with Crippen molar-refractivity contribution in [2.45, 2.75) is 38.1 Å². The van der Waals surface area contributed by atoms with Gasteiger partial charge < -0.3 is 16.2 Å². The first-order valence-corrected chi connectivity index (χ1v) is 6.91. The minimum Gasteiger partial charge on any atom is -0.481 e. The molecule has 0 heterocycles. The summed E-state index contributed by atoms with van der Waals surface area (Å²) >= 11 is 0. The molecule has 0 unspecified atom stereocenters. The van der Waals surface area contributed by atoms with Gasteiger partial charge in [0.25, 0.3) is 0 Å². The molecule has 1 rings (SSSR count). The third-order valence-electron chi connectivity index (χ3n) is 3.06. The average molecular weight is 278 g/mol. The molecular formula is C15H22N2O3. The molecule has 0 spiro atoms. The second-order valence-electron chi connectivity index (χ2n) is 4.74.